The molecule has 1 fully saturated rings. The SMILES string of the molecule is CC(c1ccccc1)N1CCCOP1(=O)N(C(P)(P)CO)C(P)(P)CO. The molecule has 1 saturated heterocycles. The molecule has 0 aliphatic carbocycles. The van der Waals surface area contributed by atoms with Crippen LogP contribution < -0.4 is 0 Å². The molecular formula is C15H29N2O4P5. The summed E-state index contributed by atoms with van der Waals surface area (Å²) in [6.45, 7) is 2.35. The van der Waals surface area contributed by atoms with Gasteiger partial charge in [0.25, 0.3) is 0 Å². The number of aliphatic hydroxyl groups excluding tert-OH is 2. The van der Waals surface area contributed by atoms with Crippen molar-refractivity contribution in [1.29, 1.82) is 0 Å². The van der Waals surface area contributed by atoms with Crippen molar-refractivity contribution in [1.82, 2.24) is 9.34 Å². The van der Waals surface area contributed by atoms with Crippen LogP contribution in [0.3, 0.4) is 0 Å². The van der Waals surface area contributed by atoms with Gasteiger partial charge >= 0.3 is 7.67 Å². The van der Waals surface area contributed by atoms with Gasteiger partial charge < -0.3 is 14.7 Å². The monoisotopic (exact) mass is 456 g/mol. The molecular weight excluding hydrogens is 427 g/mol. The summed E-state index contributed by atoms with van der Waals surface area (Å²) in [5.74, 6) is 0. The van der Waals surface area contributed by atoms with Crippen molar-refractivity contribution < 1.29 is 19.3 Å². The zero-order valence-electron chi connectivity index (χ0n) is 14.9. The lowest BCUT2D eigenvalue weighted by Gasteiger charge is -2.53. The van der Waals surface area contributed by atoms with E-state index in [1.807, 2.05) is 41.9 Å². The molecule has 1 aromatic carbocycles. The van der Waals surface area contributed by atoms with Gasteiger partial charge in [0.05, 0.1) is 29.9 Å². The van der Waals surface area contributed by atoms with Crippen LogP contribution in [0, 0.1) is 0 Å². The Bertz CT molecular complexity index is 630. The fourth-order valence-corrected chi connectivity index (χ4v) is 9.29. The first-order valence-corrected chi connectivity index (χ1v) is 12.2. The lowest BCUT2D eigenvalue weighted by Crippen LogP contribution is -2.54. The minimum atomic E-state index is -3.57. The minimum Gasteiger partial charge on any atom is -0.394 e. The molecule has 1 aliphatic heterocycles. The van der Waals surface area contributed by atoms with Gasteiger partial charge in [-0.1, -0.05) is 30.3 Å². The maximum Gasteiger partial charge on any atom is 0.348 e. The van der Waals surface area contributed by atoms with E-state index in [0.717, 1.165) is 12.0 Å². The maximum absolute atomic E-state index is 14.2. The first-order chi connectivity index (χ1) is 12.1. The summed E-state index contributed by atoms with van der Waals surface area (Å²) in [7, 11) is 6.48. The molecule has 0 aromatic heterocycles. The summed E-state index contributed by atoms with van der Waals surface area (Å²) >= 11 is 0. The molecule has 1 aliphatic rings. The van der Waals surface area contributed by atoms with Crippen molar-refractivity contribution in [3.8, 4) is 0 Å². The van der Waals surface area contributed by atoms with Crippen LogP contribution in [0.25, 0.3) is 0 Å². The second-order valence-corrected chi connectivity index (χ2v) is 14.0. The van der Waals surface area contributed by atoms with Crippen LogP contribution in [-0.2, 0) is 9.09 Å². The van der Waals surface area contributed by atoms with Gasteiger partial charge in [-0.3, -0.25) is 4.57 Å². The molecule has 2 rings (SSSR count). The van der Waals surface area contributed by atoms with Crippen molar-refractivity contribution in [3.05, 3.63) is 35.9 Å². The van der Waals surface area contributed by atoms with E-state index in [0.29, 0.717) is 13.2 Å². The van der Waals surface area contributed by atoms with E-state index < -0.39 is 17.7 Å². The van der Waals surface area contributed by atoms with Gasteiger partial charge in [-0.05, 0) is 18.9 Å². The normalized spacial score (nSPS) is 24.0. The van der Waals surface area contributed by atoms with Gasteiger partial charge in [0, 0.05) is 12.6 Å². The van der Waals surface area contributed by atoms with Crippen molar-refractivity contribution in [2.75, 3.05) is 26.4 Å². The standard InChI is InChI=1S/C15H29N2O4P5/c1-12(13-6-3-2-4-7-13)16-8-5-9-21-26(16,20)17(14(22,23)10-18)15(24,25)11-19/h2-4,6-7,12,18-19H,5,8-11,22-25H2,1H3. The summed E-state index contributed by atoms with van der Waals surface area (Å²) < 4.78 is 23.5. The molecule has 0 spiro atoms. The fourth-order valence-electron chi connectivity index (χ4n) is 3.09. The fraction of sp³-hybridized carbons (Fsp3) is 0.600. The van der Waals surface area contributed by atoms with Crippen LogP contribution >= 0.6 is 44.6 Å². The molecule has 0 radical (unpaired) electrons. The Hall–Kier alpha value is 0.970. The van der Waals surface area contributed by atoms with Crippen molar-refractivity contribution in [2.45, 2.75) is 29.4 Å². The van der Waals surface area contributed by atoms with E-state index in [-0.39, 0.29) is 19.3 Å². The van der Waals surface area contributed by atoms with Gasteiger partial charge in [-0.25, -0.2) is 4.67 Å². The lowest BCUT2D eigenvalue weighted by atomic mass is 10.1. The summed E-state index contributed by atoms with van der Waals surface area (Å²) in [5, 5.41) is 17.8. The number of benzene rings is 1. The van der Waals surface area contributed by atoms with Crippen LogP contribution in [0.15, 0.2) is 30.3 Å². The average Bonchev–Trinajstić information content (AvgIpc) is 2.61. The Morgan fingerprint density at radius 1 is 1.19 bits per heavy atom. The number of hydrogen-bond acceptors (Lipinski definition) is 4. The van der Waals surface area contributed by atoms with Crippen LogP contribution in [0.4, 0.5) is 0 Å². The van der Waals surface area contributed by atoms with E-state index in [1.165, 1.54) is 0 Å². The molecule has 11 heteroatoms. The van der Waals surface area contributed by atoms with E-state index >= 15 is 0 Å². The van der Waals surface area contributed by atoms with Crippen molar-refractivity contribution >= 4 is 44.6 Å². The lowest BCUT2D eigenvalue weighted by molar-refractivity contribution is 0.0958. The smallest absolute Gasteiger partial charge is 0.348 e. The highest BCUT2D eigenvalue weighted by Gasteiger charge is 2.55. The molecule has 26 heavy (non-hydrogen) atoms. The highest BCUT2D eigenvalue weighted by molar-refractivity contribution is 7.57. The number of aliphatic hydroxyl groups is 2. The molecule has 2 N–H and O–H groups in total. The Morgan fingerprint density at radius 2 is 1.73 bits per heavy atom. The second kappa shape index (κ2) is 9.19. The van der Waals surface area contributed by atoms with E-state index in [2.05, 4.69) is 37.0 Å². The van der Waals surface area contributed by atoms with Crippen LogP contribution in [0.5, 0.6) is 0 Å². The number of rotatable bonds is 7. The third-order valence-electron chi connectivity index (χ3n) is 4.39. The van der Waals surface area contributed by atoms with Gasteiger partial charge in [0.1, 0.15) is 0 Å². The van der Waals surface area contributed by atoms with Crippen LogP contribution in [0.1, 0.15) is 24.9 Å². The maximum atomic E-state index is 14.2. The highest BCUT2D eigenvalue weighted by Crippen LogP contribution is 2.68. The summed E-state index contributed by atoms with van der Waals surface area (Å²) in [5.41, 5.74) is 1.03. The Labute approximate surface area is 165 Å². The molecule has 1 heterocycles. The van der Waals surface area contributed by atoms with Gasteiger partial charge in [-0.2, -0.15) is 4.67 Å². The zero-order chi connectivity index (χ0) is 19.6. The Kier molecular flexibility index (Phi) is 8.22. The quantitative estimate of drug-likeness (QED) is 0.615. The number of nitrogens with zero attached hydrogens (tertiary/aromatic N) is 2. The third kappa shape index (κ3) is 4.75. The van der Waals surface area contributed by atoms with Gasteiger partial charge in [0.15, 0.2) is 0 Å². The zero-order valence-corrected chi connectivity index (χ0v) is 20.4. The summed E-state index contributed by atoms with van der Waals surface area (Å²) in [4.78, 5) is 0. The van der Waals surface area contributed by atoms with Crippen molar-refractivity contribution in [2.24, 2.45) is 0 Å². The predicted molar refractivity (Wildman–Crippen MR) is 120 cm³/mol. The first kappa shape index (κ1) is 23.3. The Morgan fingerprint density at radius 3 is 2.23 bits per heavy atom. The molecule has 6 nitrogen and oxygen atoms in total. The molecule has 1 aromatic rings. The number of hydrogen-bond donors (Lipinski definition) is 2. The minimum absolute atomic E-state index is 0.154. The molecule has 6 unspecified atom stereocenters. The molecule has 148 valence electrons. The first-order valence-electron chi connectivity index (χ1n) is 8.35. The van der Waals surface area contributed by atoms with Crippen molar-refractivity contribution in [3.63, 3.8) is 0 Å². The molecule has 6 atom stereocenters. The summed E-state index contributed by atoms with van der Waals surface area (Å²) in [6, 6.07) is 9.68. The largest absolute Gasteiger partial charge is 0.394 e. The highest BCUT2D eigenvalue weighted by atomic mass is 31.2. The van der Waals surface area contributed by atoms with Crippen LogP contribution in [-0.4, -0.2) is 56.0 Å². The molecule has 0 amide bonds. The van der Waals surface area contributed by atoms with Gasteiger partial charge in [0.2, 0.25) is 0 Å². The van der Waals surface area contributed by atoms with Gasteiger partial charge in [-0.15, -0.1) is 37.0 Å². The predicted octanol–water partition coefficient (Wildman–Crippen LogP) is 2.67. The van der Waals surface area contributed by atoms with E-state index in [4.69, 9.17) is 4.52 Å². The van der Waals surface area contributed by atoms with Crippen LogP contribution in [0.2, 0.25) is 0 Å². The second-order valence-electron chi connectivity index (χ2n) is 6.54. The van der Waals surface area contributed by atoms with E-state index in [9.17, 15) is 14.8 Å². The topological polar surface area (TPSA) is 73.2 Å². The summed E-state index contributed by atoms with van der Waals surface area (Å²) in [6.07, 6.45) is 0.759. The third-order valence-corrected chi connectivity index (χ3v) is 9.99. The molecule has 0 bridgehead atoms. The van der Waals surface area contributed by atoms with E-state index in [1.54, 1.807) is 4.67 Å². The Balaban J connectivity index is 2.53. The average molecular weight is 456 g/mol. The molecule has 0 saturated carbocycles.